The smallest absolute Gasteiger partial charge is 0.166 e. The van der Waals surface area contributed by atoms with Gasteiger partial charge in [-0.3, -0.25) is 4.79 Å². The molecule has 0 atom stereocenters. The molecule has 2 rings (SSSR count). The third kappa shape index (κ3) is 3.95. The van der Waals surface area contributed by atoms with Gasteiger partial charge in [-0.2, -0.15) is 0 Å². The maximum Gasteiger partial charge on any atom is 0.166 e. The van der Waals surface area contributed by atoms with Crippen LogP contribution in [0, 0.1) is 0 Å². The number of carbonyl (C=O) groups is 1. The van der Waals surface area contributed by atoms with E-state index in [1.807, 2.05) is 54.6 Å². The summed E-state index contributed by atoms with van der Waals surface area (Å²) in [6.45, 7) is 2.54. The maximum atomic E-state index is 11.9. The van der Waals surface area contributed by atoms with E-state index in [0.29, 0.717) is 13.0 Å². The van der Waals surface area contributed by atoms with Crippen LogP contribution in [0.4, 0.5) is 0 Å². The predicted octanol–water partition coefficient (Wildman–Crippen LogP) is 3.90. The number of hydrogen-bond donors (Lipinski definition) is 0. The Morgan fingerprint density at radius 2 is 1.68 bits per heavy atom. The molecule has 2 nitrogen and oxygen atoms in total. The molecule has 98 valence electrons. The predicted molar refractivity (Wildman–Crippen MR) is 76.7 cm³/mol. The Morgan fingerprint density at radius 1 is 1.00 bits per heavy atom. The van der Waals surface area contributed by atoms with E-state index < -0.39 is 0 Å². The Morgan fingerprint density at radius 3 is 2.32 bits per heavy atom. The fourth-order valence-electron chi connectivity index (χ4n) is 1.85. The molecule has 2 aromatic rings. The molecule has 0 saturated heterocycles. The lowest BCUT2D eigenvalue weighted by Gasteiger charge is -2.06. The lowest BCUT2D eigenvalue weighted by atomic mass is 10.1. The number of rotatable bonds is 6. The van der Waals surface area contributed by atoms with Crippen molar-refractivity contribution in [3.05, 3.63) is 65.7 Å². The van der Waals surface area contributed by atoms with E-state index in [1.54, 1.807) is 0 Å². The first kappa shape index (κ1) is 13.3. The molecule has 0 aromatic heterocycles. The summed E-state index contributed by atoms with van der Waals surface area (Å²) in [7, 11) is 0. The summed E-state index contributed by atoms with van der Waals surface area (Å²) in [4.78, 5) is 11.9. The second-order valence-electron chi connectivity index (χ2n) is 4.39. The third-order valence-corrected chi connectivity index (χ3v) is 3.03. The normalized spacial score (nSPS) is 10.2. The van der Waals surface area contributed by atoms with E-state index >= 15 is 0 Å². The summed E-state index contributed by atoms with van der Waals surface area (Å²) in [5.74, 6) is 0.934. The number of ether oxygens (including phenoxy) is 1. The summed E-state index contributed by atoms with van der Waals surface area (Å²) in [6, 6.07) is 17.3. The van der Waals surface area contributed by atoms with E-state index in [-0.39, 0.29) is 5.78 Å². The van der Waals surface area contributed by atoms with Crippen LogP contribution in [0.15, 0.2) is 54.6 Å². The van der Waals surface area contributed by atoms with Crippen LogP contribution in [-0.4, -0.2) is 12.4 Å². The van der Waals surface area contributed by atoms with Crippen molar-refractivity contribution in [2.45, 2.75) is 19.8 Å². The lowest BCUT2D eigenvalue weighted by Crippen LogP contribution is -2.06. The van der Waals surface area contributed by atoms with Crippen LogP contribution in [0.2, 0.25) is 0 Å². The number of hydrogen-bond acceptors (Lipinski definition) is 2. The molecule has 2 heteroatoms. The number of Topliss-reactive ketones (excluding diaryl/α,β-unsaturated/α-hetero) is 1. The van der Waals surface area contributed by atoms with E-state index in [2.05, 4.69) is 6.92 Å². The minimum absolute atomic E-state index is 0.116. The number of aryl methyl sites for hydroxylation is 1. The minimum atomic E-state index is 0.116. The van der Waals surface area contributed by atoms with Crippen molar-refractivity contribution < 1.29 is 9.53 Å². The molecule has 0 N–H and O–H groups in total. The van der Waals surface area contributed by atoms with Crippen molar-refractivity contribution in [3.63, 3.8) is 0 Å². The van der Waals surface area contributed by atoms with Gasteiger partial charge >= 0.3 is 0 Å². The summed E-state index contributed by atoms with van der Waals surface area (Å²) in [6.07, 6.45) is 1.42. The zero-order chi connectivity index (χ0) is 13.5. The van der Waals surface area contributed by atoms with Crippen LogP contribution in [0.1, 0.15) is 29.3 Å². The van der Waals surface area contributed by atoms with Gasteiger partial charge in [-0.25, -0.2) is 0 Å². The van der Waals surface area contributed by atoms with Crippen molar-refractivity contribution >= 4 is 5.78 Å². The Kier molecular flexibility index (Phi) is 4.73. The molecule has 0 bridgehead atoms. The summed E-state index contributed by atoms with van der Waals surface area (Å²) in [5, 5.41) is 0. The fourth-order valence-corrected chi connectivity index (χ4v) is 1.85. The average molecular weight is 254 g/mol. The average Bonchev–Trinajstić information content (AvgIpc) is 2.49. The molecule has 0 spiro atoms. The standard InChI is InChI=1S/C17H18O2/c1-2-14-8-10-16(11-9-14)19-13-12-17(18)15-6-4-3-5-7-15/h3-11H,2,12-13H2,1H3. The van der Waals surface area contributed by atoms with Crippen molar-refractivity contribution in [1.29, 1.82) is 0 Å². The number of ketones is 1. The maximum absolute atomic E-state index is 11.9. The zero-order valence-electron chi connectivity index (χ0n) is 11.1. The molecule has 0 aliphatic rings. The van der Waals surface area contributed by atoms with E-state index in [1.165, 1.54) is 5.56 Å². The molecular formula is C17H18O2. The van der Waals surface area contributed by atoms with E-state index in [4.69, 9.17) is 4.74 Å². The van der Waals surface area contributed by atoms with Gasteiger partial charge in [0.25, 0.3) is 0 Å². The van der Waals surface area contributed by atoms with Crippen LogP contribution >= 0.6 is 0 Å². The van der Waals surface area contributed by atoms with E-state index in [9.17, 15) is 4.79 Å². The summed E-state index contributed by atoms with van der Waals surface area (Å²) in [5.41, 5.74) is 2.03. The van der Waals surface area contributed by atoms with Crippen molar-refractivity contribution in [2.24, 2.45) is 0 Å². The Labute approximate surface area is 114 Å². The molecule has 0 radical (unpaired) electrons. The first-order valence-electron chi connectivity index (χ1n) is 6.59. The SMILES string of the molecule is CCc1ccc(OCCC(=O)c2ccccc2)cc1. The summed E-state index contributed by atoms with van der Waals surface area (Å²) >= 11 is 0. The second kappa shape index (κ2) is 6.74. The van der Waals surface area contributed by atoms with Gasteiger partial charge in [0.2, 0.25) is 0 Å². The quantitative estimate of drug-likeness (QED) is 0.731. The molecule has 0 aliphatic carbocycles. The van der Waals surface area contributed by atoms with Crippen LogP contribution < -0.4 is 4.74 Å². The van der Waals surface area contributed by atoms with Crippen LogP contribution in [-0.2, 0) is 6.42 Å². The Hall–Kier alpha value is -2.09. The molecule has 2 aromatic carbocycles. The van der Waals surface area contributed by atoms with Crippen LogP contribution in [0.3, 0.4) is 0 Å². The molecular weight excluding hydrogens is 236 g/mol. The third-order valence-electron chi connectivity index (χ3n) is 3.03. The van der Waals surface area contributed by atoms with Gasteiger partial charge in [-0.15, -0.1) is 0 Å². The summed E-state index contributed by atoms with van der Waals surface area (Å²) < 4.78 is 5.58. The van der Waals surface area contributed by atoms with Gasteiger partial charge in [-0.1, -0.05) is 49.4 Å². The first-order valence-corrected chi connectivity index (χ1v) is 6.59. The largest absolute Gasteiger partial charge is 0.493 e. The highest BCUT2D eigenvalue weighted by molar-refractivity contribution is 5.96. The fraction of sp³-hybridized carbons (Fsp3) is 0.235. The van der Waals surface area contributed by atoms with Gasteiger partial charge in [-0.05, 0) is 24.1 Å². The van der Waals surface area contributed by atoms with Gasteiger partial charge in [0, 0.05) is 12.0 Å². The minimum Gasteiger partial charge on any atom is -0.493 e. The van der Waals surface area contributed by atoms with E-state index in [0.717, 1.165) is 17.7 Å². The number of carbonyl (C=O) groups excluding carboxylic acids is 1. The Bertz CT molecular complexity index is 515. The molecule has 0 saturated carbocycles. The number of benzene rings is 2. The zero-order valence-corrected chi connectivity index (χ0v) is 11.1. The van der Waals surface area contributed by atoms with Crippen LogP contribution in [0.25, 0.3) is 0 Å². The van der Waals surface area contributed by atoms with Gasteiger partial charge in [0.1, 0.15) is 5.75 Å². The van der Waals surface area contributed by atoms with Gasteiger partial charge < -0.3 is 4.74 Å². The second-order valence-corrected chi connectivity index (χ2v) is 4.39. The van der Waals surface area contributed by atoms with Crippen molar-refractivity contribution in [1.82, 2.24) is 0 Å². The lowest BCUT2D eigenvalue weighted by molar-refractivity contribution is 0.0962. The molecule has 19 heavy (non-hydrogen) atoms. The highest BCUT2D eigenvalue weighted by Crippen LogP contribution is 2.13. The van der Waals surface area contributed by atoms with Gasteiger partial charge in [0.15, 0.2) is 5.78 Å². The molecule has 0 heterocycles. The van der Waals surface area contributed by atoms with Crippen LogP contribution in [0.5, 0.6) is 5.75 Å². The Balaban J connectivity index is 1.81. The highest BCUT2D eigenvalue weighted by Gasteiger charge is 2.04. The monoisotopic (exact) mass is 254 g/mol. The topological polar surface area (TPSA) is 26.3 Å². The first-order chi connectivity index (χ1) is 9.29. The molecule has 0 amide bonds. The molecule has 0 unspecified atom stereocenters. The van der Waals surface area contributed by atoms with Crippen molar-refractivity contribution in [3.8, 4) is 5.75 Å². The van der Waals surface area contributed by atoms with Gasteiger partial charge in [0.05, 0.1) is 6.61 Å². The highest BCUT2D eigenvalue weighted by atomic mass is 16.5. The molecule has 0 aliphatic heterocycles. The van der Waals surface area contributed by atoms with Crippen molar-refractivity contribution in [2.75, 3.05) is 6.61 Å². The molecule has 0 fully saturated rings.